The summed E-state index contributed by atoms with van der Waals surface area (Å²) in [5, 5.41) is 19.0. The van der Waals surface area contributed by atoms with Crippen molar-refractivity contribution in [3.8, 4) is 6.07 Å². The lowest BCUT2D eigenvalue weighted by molar-refractivity contribution is -0.0893. The summed E-state index contributed by atoms with van der Waals surface area (Å²) in [5.74, 6) is 1.11. The number of piperidine rings is 1. The molecule has 0 atom stereocenters. The highest BCUT2D eigenvalue weighted by atomic mass is 16.5. The minimum atomic E-state index is -0.943. The van der Waals surface area contributed by atoms with E-state index in [4.69, 9.17) is 9.92 Å². The van der Waals surface area contributed by atoms with Crippen LogP contribution >= 0.6 is 0 Å². The van der Waals surface area contributed by atoms with E-state index >= 15 is 0 Å². The summed E-state index contributed by atoms with van der Waals surface area (Å²) in [5.41, 5.74) is -0.773. The molecular weight excluding hydrogens is 289 g/mol. The third kappa shape index (κ3) is 4.46. The van der Waals surface area contributed by atoms with Gasteiger partial charge in [-0.1, -0.05) is 6.07 Å². The van der Waals surface area contributed by atoms with Gasteiger partial charge in [-0.2, -0.15) is 5.26 Å². The lowest BCUT2D eigenvalue weighted by atomic mass is 9.83. The van der Waals surface area contributed by atoms with Crippen molar-refractivity contribution in [1.29, 1.82) is 5.26 Å². The number of aliphatic hydroxyl groups is 1. The Kier molecular flexibility index (Phi) is 5.33. The van der Waals surface area contributed by atoms with Crippen LogP contribution in [0.2, 0.25) is 0 Å². The van der Waals surface area contributed by atoms with Crippen molar-refractivity contribution < 1.29 is 9.76 Å². The smallest absolute Gasteiger partial charge is 0.332 e. The predicted molar refractivity (Wildman–Crippen MR) is 91.6 cm³/mol. The molecule has 123 valence electrons. The number of pyridine rings is 1. The molecule has 1 fully saturated rings. The summed E-state index contributed by atoms with van der Waals surface area (Å²) in [6.07, 6.45) is 3.57. The van der Waals surface area contributed by atoms with E-state index in [9.17, 15) is 5.11 Å². The molecular formula is C17H25BN3O2. The standard InChI is InChI=1S/C17H25BN3O2/c1-16(2,22)17(3,4)23-18-14-5-6-15(20-12-14)21-9-7-13(11-19)8-10-21/h5-6,12-13,22H,7-10H2,1-4H3. The maximum absolute atomic E-state index is 10.1. The predicted octanol–water partition coefficient (Wildman–Crippen LogP) is 1.63. The van der Waals surface area contributed by atoms with E-state index in [1.807, 2.05) is 26.0 Å². The zero-order valence-electron chi connectivity index (χ0n) is 14.4. The Labute approximate surface area is 139 Å². The normalized spacial score (nSPS) is 17.0. The fraction of sp³-hybridized carbons (Fsp3) is 0.647. The van der Waals surface area contributed by atoms with E-state index in [0.717, 1.165) is 37.2 Å². The van der Waals surface area contributed by atoms with Crippen LogP contribution in [0, 0.1) is 17.2 Å². The summed E-state index contributed by atoms with van der Waals surface area (Å²) in [7, 11) is 1.64. The Bertz CT molecular complexity index is 553. The maximum atomic E-state index is 10.1. The van der Waals surface area contributed by atoms with E-state index < -0.39 is 11.2 Å². The van der Waals surface area contributed by atoms with Crippen molar-refractivity contribution in [2.24, 2.45) is 5.92 Å². The number of hydrogen-bond donors (Lipinski definition) is 1. The molecule has 1 aliphatic rings. The number of nitrogens with zero attached hydrogens (tertiary/aromatic N) is 3. The number of aromatic nitrogens is 1. The molecule has 0 bridgehead atoms. The molecule has 0 spiro atoms. The van der Waals surface area contributed by atoms with Crippen LogP contribution in [0.5, 0.6) is 0 Å². The first-order valence-corrected chi connectivity index (χ1v) is 8.07. The molecule has 2 rings (SSSR count). The van der Waals surface area contributed by atoms with E-state index in [0.29, 0.717) is 0 Å². The second-order valence-electron chi connectivity index (χ2n) is 7.15. The maximum Gasteiger partial charge on any atom is 0.332 e. The molecule has 5 nitrogen and oxygen atoms in total. The molecule has 23 heavy (non-hydrogen) atoms. The minimum Gasteiger partial charge on any atom is -0.427 e. The van der Waals surface area contributed by atoms with Gasteiger partial charge in [0.2, 0.25) is 0 Å². The van der Waals surface area contributed by atoms with Crippen molar-refractivity contribution in [3.05, 3.63) is 18.3 Å². The fourth-order valence-corrected chi connectivity index (χ4v) is 2.25. The number of rotatable bonds is 5. The largest absolute Gasteiger partial charge is 0.427 e. The Hall–Kier alpha value is -1.58. The van der Waals surface area contributed by atoms with Gasteiger partial charge in [-0.05, 0) is 52.1 Å². The van der Waals surface area contributed by atoms with Gasteiger partial charge < -0.3 is 14.7 Å². The van der Waals surface area contributed by atoms with Crippen molar-refractivity contribution in [1.82, 2.24) is 4.98 Å². The van der Waals surface area contributed by atoms with Crippen molar-refractivity contribution >= 4 is 18.8 Å². The van der Waals surface area contributed by atoms with Crippen LogP contribution in [-0.4, -0.2) is 41.9 Å². The Morgan fingerprint density at radius 2 is 1.96 bits per heavy atom. The molecule has 2 heterocycles. The highest BCUT2D eigenvalue weighted by molar-refractivity contribution is 6.46. The topological polar surface area (TPSA) is 69.4 Å². The molecule has 6 heteroatoms. The molecule has 0 aromatic carbocycles. The quantitative estimate of drug-likeness (QED) is 0.837. The summed E-state index contributed by atoms with van der Waals surface area (Å²) in [4.78, 5) is 6.69. The first-order chi connectivity index (χ1) is 10.7. The second-order valence-corrected chi connectivity index (χ2v) is 7.15. The van der Waals surface area contributed by atoms with Crippen LogP contribution in [-0.2, 0) is 4.65 Å². The molecule has 1 saturated heterocycles. The molecule has 0 saturated carbocycles. The van der Waals surface area contributed by atoms with E-state index in [1.54, 1.807) is 27.5 Å². The highest BCUT2D eigenvalue weighted by Gasteiger charge is 2.35. The zero-order valence-corrected chi connectivity index (χ0v) is 14.4. The summed E-state index contributed by atoms with van der Waals surface area (Å²) in [6, 6.07) is 6.27. The van der Waals surface area contributed by atoms with Crippen molar-refractivity contribution in [2.45, 2.75) is 51.7 Å². The Morgan fingerprint density at radius 1 is 1.30 bits per heavy atom. The van der Waals surface area contributed by atoms with E-state index in [1.165, 1.54) is 0 Å². The SMILES string of the molecule is CC(C)(O)C(C)(C)O[B]c1ccc(N2CCC(C#N)CC2)nc1. The fourth-order valence-electron chi connectivity index (χ4n) is 2.25. The summed E-state index contributed by atoms with van der Waals surface area (Å²) < 4.78 is 5.73. The lowest BCUT2D eigenvalue weighted by Crippen LogP contribution is -2.49. The van der Waals surface area contributed by atoms with Crippen LogP contribution in [0.3, 0.4) is 0 Å². The second kappa shape index (κ2) is 6.90. The molecule has 0 aliphatic carbocycles. The number of nitriles is 1. The van der Waals surface area contributed by atoms with Crippen LogP contribution in [0.15, 0.2) is 18.3 Å². The van der Waals surface area contributed by atoms with Gasteiger partial charge in [0.25, 0.3) is 0 Å². The van der Waals surface area contributed by atoms with E-state index in [-0.39, 0.29) is 5.92 Å². The monoisotopic (exact) mass is 314 g/mol. The van der Waals surface area contributed by atoms with Crippen LogP contribution in [0.25, 0.3) is 0 Å². The average Bonchev–Trinajstić information content (AvgIpc) is 2.52. The summed E-state index contributed by atoms with van der Waals surface area (Å²) in [6.45, 7) is 8.91. The minimum absolute atomic E-state index is 0.177. The Morgan fingerprint density at radius 3 is 2.43 bits per heavy atom. The van der Waals surface area contributed by atoms with E-state index in [2.05, 4.69) is 16.0 Å². The Balaban J connectivity index is 1.92. The van der Waals surface area contributed by atoms with Crippen molar-refractivity contribution in [2.75, 3.05) is 18.0 Å². The molecule has 1 radical (unpaired) electrons. The number of hydrogen-bond acceptors (Lipinski definition) is 5. The van der Waals surface area contributed by atoms with Crippen molar-refractivity contribution in [3.63, 3.8) is 0 Å². The van der Waals surface area contributed by atoms with Gasteiger partial charge in [0, 0.05) is 25.2 Å². The molecule has 1 aliphatic heterocycles. The van der Waals surface area contributed by atoms with Gasteiger partial charge in [0.1, 0.15) is 5.82 Å². The third-order valence-corrected chi connectivity index (χ3v) is 4.74. The van der Waals surface area contributed by atoms with Gasteiger partial charge in [-0.15, -0.1) is 0 Å². The zero-order chi connectivity index (χ0) is 17.1. The van der Waals surface area contributed by atoms with Gasteiger partial charge in [0.15, 0.2) is 0 Å². The van der Waals surface area contributed by atoms with Crippen LogP contribution in [0.4, 0.5) is 5.82 Å². The first-order valence-electron chi connectivity index (χ1n) is 8.07. The first kappa shape index (κ1) is 17.8. The third-order valence-electron chi connectivity index (χ3n) is 4.74. The van der Waals surface area contributed by atoms with Gasteiger partial charge in [-0.25, -0.2) is 4.98 Å². The average molecular weight is 314 g/mol. The number of anilines is 1. The van der Waals surface area contributed by atoms with Crippen LogP contribution < -0.4 is 10.4 Å². The molecule has 1 aromatic heterocycles. The molecule has 1 N–H and O–H groups in total. The lowest BCUT2D eigenvalue weighted by Gasteiger charge is -2.37. The molecule has 0 amide bonds. The van der Waals surface area contributed by atoms with Crippen LogP contribution in [0.1, 0.15) is 40.5 Å². The van der Waals surface area contributed by atoms with Gasteiger partial charge in [-0.3, -0.25) is 0 Å². The molecule has 0 unspecified atom stereocenters. The van der Waals surface area contributed by atoms with Gasteiger partial charge in [0.05, 0.1) is 17.3 Å². The van der Waals surface area contributed by atoms with Gasteiger partial charge >= 0.3 is 7.48 Å². The summed E-state index contributed by atoms with van der Waals surface area (Å²) >= 11 is 0. The highest BCUT2D eigenvalue weighted by Crippen LogP contribution is 2.24. The molecule has 1 aromatic rings.